The highest BCUT2D eigenvalue weighted by molar-refractivity contribution is 7.91. The molecule has 146 valence electrons. The van der Waals surface area contributed by atoms with E-state index < -0.39 is 9.84 Å². The van der Waals surface area contributed by atoms with Crippen LogP contribution in [0.3, 0.4) is 0 Å². The van der Waals surface area contributed by atoms with Crippen LogP contribution < -0.4 is 9.64 Å². The molecule has 0 N–H and O–H groups in total. The van der Waals surface area contributed by atoms with E-state index >= 15 is 0 Å². The van der Waals surface area contributed by atoms with Gasteiger partial charge in [0.2, 0.25) is 26.6 Å². The summed E-state index contributed by atoms with van der Waals surface area (Å²) in [5.41, 5.74) is 0.716. The maximum atomic E-state index is 13.3. The van der Waals surface area contributed by atoms with Gasteiger partial charge in [0.15, 0.2) is 0 Å². The van der Waals surface area contributed by atoms with Gasteiger partial charge in [-0.3, -0.25) is 0 Å². The molecule has 0 unspecified atom stereocenters. The van der Waals surface area contributed by atoms with Crippen molar-refractivity contribution in [3.05, 3.63) is 54.6 Å². The summed E-state index contributed by atoms with van der Waals surface area (Å²) < 4.78 is 43.1. The summed E-state index contributed by atoms with van der Waals surface area (Å²) in [6.45, 7) is 2.08. The van der Waals surface area contributed by atoms with Crippen LogP contribution in [0.1, 0.15) is 0 Å². The Balaban J connectivity index is 1.82. The molecule has 0 atom stereocenters. The molecule has 4 rings (SSSR count). The number of hydrogen-bond donors (Lipinski definition) is 0. The number of oxazole rings is 1. The lowest BCUT2D eigenvalue weighted by Crippen LogP contribution is -2.36. The molecule has 1 saturated heterocycles. The Morgan fingerprint density at radius 1 is 1.00 bits per heavy atom. The highest BCUT2D eigenvalue weighted by Gasteiger charge is 2.32. The van der Waals surface area contributed by atoms with E-state index in [0.29, 0.717) is 37.6 Å². The molecule has 2 heterocycles. The van der Waals surface area contributed by atoms with E-state index in [2.05, 4.69) is 4.98 Å². The lowest BCUT2D eigenvalue weighted by molar-refractivity contribution is 0.120. The van der Waals surface area contributed by atoms with Gasteiger partial charge in [-0.2, -0.15) is 4.98 Å². The van der Waals surface area contributed by atoms with E-state index in [1.165, 1.54) is 19.2 Å². The minimum absolute atomic E-state index is 0.0848. The molecule has 2 aromatic carbocycles. The fourth-order valence-electron chi connectivity index (χ4n) is 3.01. The average Bonchev–Trinajstić information content (AvgIpc) is 3.21. The zero-order chi connectivity index (χ0) is 19.6. The van der Waals surface area contributed by atoms with Crippen LogP contribution in [0.4, 0.5) is 5.88 Å². The number of ether oxygens (including phenoxy) is 2. The third-order valence-corrected chi connectivity index (χ3v) is 6.19. The Morgan fingerprint density at radius 3 is 2.32 bits per heavy atom. The summed E-state index contributed by atoms with van der Waals surface area (Å²) >= 11 is 0. The van der Waals surface area contributed by atoms with Gasteiger partial charge in [0.05, 0.1) is 25.2 Å². The molecule has 0 saturated carbocycles. The number of aromatic nitrogens is 1. The fraction of sp³-hybridized carbons (Fsp3) is 0.250. The van der Waals surface area contributed by atoms with Crippen LogP contribution in [-0.4, -0.2) is 46.8 Å². The highest BCUT2D eigenvalue weighted by atomic mass is 32.2. The van der Waals surface area contributed by atoms with Crippen molar-refractivity contribution in [2.45, 2.75) is 9.92 Å². The van der Waals surface area contributed by atoms with Crippen molar-refractivity contribution >= 4 is 15.7 Å². The Hall–Kier alpha value is -2.84. The normalized spacial score (nSPS) is 14.8. The van der Waals surface area contributed by atoms with E-state index in [0.717, 1.165) is 0 Å². The first-order valence-corrected chi connectivity index (χ1v) is 10.4. The minimum Gasteiger partial charge on any atom is -0.497 e. The fourth-order valence-corrected chi connectivity index (χ4v) is 4.33. The number of hydrogen-bond acceptors (Lipinski definition) is 7. The number of anilines is 1. The summed E-state index contributed by atoms with van der Waals surface area (Å²) in [5, 5.41) is -0.0848. The molecule has 28 heavy (non-hydrogen) atoms. The summed E-state index contributed by atoms with van der Waals surface area (Å²) in [4.78, 5) is 6.37. The van der Waals surface area contributed by atoms with Crippen molar-refractivity contribution in [2.75, 3.05) is 38.3 Å². The van der Waals surface area contributed by atoms with Crippen LogP contribution in [0.15, 0.2) is 68.9 Å². The van der Waals surface area contributed by atoms with Gasteiger partial charge in [-0.05, 0) is 36.4 Å². The van der Waals surface area contributed by atoms with Gasteiger partial charge < -0.3 is 18.8 Å². The summed E-state index contributed by atoms with van der Waals surface area (Å²) in [5.74, 6) is 1.10. The largest absolute Gasteiger partial charge is 0.497 e. The van der Waals surface area contributed by atoms with Gasteiger partial charge in [0.1, 0.15) is 5.75 Å². The number of nitrogens with zero attached hydrogens (tertiary/aromatic N) is 2. The van der Waals surface area contributed by atoms with Gasteiger partial charge in [0, 0.05) is 18.7 Å². The maximum absolute atomic E-state index is 13.3. The number of methoxy groups -OCH3 is 1. The molecule has 1 fully saturated rings. The monoisotopic (exact) mass is 400 g/mol. The summed E-state index contributed by atoms with van der Waals surface area (Å²) in [6, 6.07) is 15.5. The first-order valence-electron chi connectivity index (χ1n) is 8.87. The zero-order valence-electron chi connectivity index (χ0n) is 15.4. The van der Waals surface area contributed by atoms with Crippen LogP contribution in [0.25, 0.3) is 11.5 Å². The van der Waals surface area contributed by atoms with Crippen molar-refractivity contribution in [3.8, 4) is 17.2 Å². The van der Waals surface area contributed by atoms with Gasteiger partial charge >= 0.3 is 0 Å². The lowest BCUT2D eigenvalue weighted by atomic mass is 10.2. The Kier molecular flexibility index (Phi) is 5.06. The predicted molar refractivity (Wildman–Crippen MR) is 103 cm³/mol. The molecule has 1 aliphatic heterocycles. The third-order valence-electron chi connectivity index (χ3n) is 4.52. The zero-order valence-corrected chi connectivity index (χ0v) is 16.2. The van der Waals surface area contributed by atoms with Crippen molar-refractivity contribution in [3.63, 3.8) is 0 Å². The molecule has 1 aliphatic rings. The molecule has 3 aromatic rings. The Labute approximate surface area is 163 Å². The second-order valence-corrected chi connectivity index (χ2v) is 8.14. The van der Waals surface area contributed by atoms with Crippen molar-refractivity contribution in [2.24, 2.45) is 0 Å². The predicted octanol–water partition coefficient (Wildman–Crippen LogP) is 3.02. The number of benzene rings is 2. The molecule has 8 heteroatoms. The molecular formula is C20H20N2O5S. The molecule has 0 amide bonds. The topological polar surface area (TPSA) is 81.9 Å². The summed E-state index contributed by atoms with van der Waals surface area (Å²) in [7, 11) is -2.34. The van der Waals surface area contributed by atoms with Crippen molar-refractivity contribution < 1.29 is 22.3 Å². The quantitative estimate of drug-likeness (QED) is 0.651. The standard InChI is InChI=1S/C20H20N2O5S/c1-25-16-7-9-17(10-8-16)28(23,24)19-20(22-11-13-26-14-12-22)27-18(21-19)15-5-3-2-4-6-15/h2-10H,11-14H2,1H3. The molecule has 0 bridgehead atoms. The lowest BCUT2D eigenvalue weighted by Gasteiger charge is -2.26. The Morgan fingerprint density at radius 2 is 1.68 bits per heavy atom. The van der Waals surface area contributed by atoms with Gasteiger partial charge in [-0.15, -0.1) is 0 Å². The van der Waals surface area contributed by atoms with Gasteiger partial charge in [-0.25, -0.2) is 8.42 Å². The van der Waals surface area contributed by atoms with Crippen LogP contribution in [0.5, 0.6) is 5.75 Å². The van der Waals surface area contributed by atoms with Crippen LogP contribution >= 0.6 is 0 Å². The first kappa shape index (κ1) is 18.5. The highest BCUT2D eigenvalue weighted by Crippen LogP contribution is 2.35. The molecule has 0 spiro atoms. The molecular weight excluding hydrogens is 380 g/mol. The average molecular weight is 400 g/mol. The molecule has 1 aromatic heterocycles. The minimum atomic E-state index is -3.87. The molecule has 7 nitrogen and oxygen atoms in total. The van der Waals surface area contributed by atoms with E-state index in [1.54, 1.807) is 12.1 Å². The summed E-state index contributed by atoms with van der Waals surface area (Å²) in [6.07, 6.45) is 0. The number of morpholine rings is 1. The van der Waals surface area contributed by atoms with Gasteiger partial charge in [-0.1, -0.05) is 18.2 Å². The van der Waals surface area contributed by atoms with Crippen molar-refractivity contribution in [1.82, 2.24) is 4.98 Å². The van der Waals surface area contributed by atoms with E-state index in [-0.39, 0.29) is 21.7 Å². The van der Waals surface area contributed by atoms with Crippen molar-refractivity contribution in [1.29, 1.82) is 0 Å². The van der Waals surface area contributed by atoms with E-state index in [4.69, 9.17) is 13.9 Å². The van der Waals surface area contributed by atoms with E-state index in [1.807, 2.05) is 35.2 Å². The molecule has 0 radical (unpaired) electrons. The number of rotatable bonds is 5. The molecule has 0 aliphatic carbocycles. The second kappa shape index (κ2) is 7.65. The van der Waals surface area contributed by atoms with Crippen LogP contribution in [-0.2, 0) is 14.6 Å². The second-order valence-electron chi connectivity index (χ2n) is 6.27. The SMILES string of the molecule is COc1ccc(S(=O)(=O)c2nc(-c3ccccc3)oc2N2CCOCC2)cc1. The van der Waals surface area contributed by atoms with E-state index in [9.17, 15) is 8.42 Å². The van der Waals surface area contributed by atoms with Gasteiger partial charge in [0.25, 0.3) is 0 Å². The van der Waals surface area contributed by atoms with Crippen LogP contribution in [0.2, 0.25) is 0 Å². The smallest absolute Gasteiger partial charge is 0.236 e. The first-order chi connectivity index (χ1) is 13.6. The maximum Gasteiger partial charge on any atom is 0.236 e. The Bertz CT molecular complexity index is 1040. The third kappa shape index (κ3) is 3.48. The number of sulfone groups is 1. The van der Waals surface area contributed by atoms with Crippen LogP contribution in [0, 0.1) is 0 Å².